The molecule has 0 radical (unpaired) electrons. The van der Waals surface area contributed by atoms with Gasteiger partial charge in [-0.05, 0) is 37.0 Å². The standard InChI is InChI=1S/C22H29N5O/c1-22(2,3)19-9-10-20(28)27(24-19)15-16-11-13-26(14-12-16)21-23-17-7-5-6-8-18(17)25(21)4/h5-10,16H,11-15H2,1-4H3. The van der Waals surface area contributed by atoms with E-state index >= 15 is 0 Å². The molecule has 4 rings (SSSR count). The number of hydrogen-bond donors (Lipinski definition) is 0. The van der Waals surface area contributed by atoms with Crippen LogP contribution in [0.4, 0.5) is 5.95 Å². The van der Waals surface area contributed by atoms with Gasteiger partial charge < -0.3 is 9.47 Å². The number of anilines is 1. The van der Waals surface area contributed by atoms with E-state index in [-0.39, 0.29) is 11.0 Å². The third kappa shape index (κ3) is 3.55. The summed E-state index contributed by atoms with van der Waals surface area (Å²) in [6, 6.07) is 11.8. The average Bonchev–Trinajstić information content (AvgIpc) is 3.00. The molecule has 6 nitrogen and oxygen atoms in total. The van der Waals surface area contributed by atoms with Gasteiger partial charge in [-0.15, -0.1) is 0 Å². The van der Waals surface area contributed by atoms with Crippen molar-refractivity contribution in [1.82, 2.24) is 19.3 Å². The van der Waals surface area contributed by atoms with Crippen LogP contribution in [0.1, 0.15) is 39.3 Å². The molecule has 0 spiro atoms. The summed E-state index contributed by atoms with van der Waals surface area (Å²) in [7, 11) is 2.08. The van der Waals surface area contributed by atoms with Crippen molar-refractivity contribution in [2.45, 2.75) is 45.6 Å². The van der Waals surface area contributed by atoms with Gasteiger partial charge in [-0.2, -0.15) is 5.10 Å². The first-order chi connectivity index (χ1) is 13.3. The average molecular weight is 380 g/mol. The lowest BCUT2D eigenvalue weighted by Crippen LogP contribution is -2.38. The summed E-state index contributed by atoms with van der Waals surface area (Å²) in [6.07, 6.45) is 2.08. The maximum atomic E-state index is 12.3. The zero-order chi connectivity index (χ0) is 19.9. The predicted octanol–water partition coefficient (Wildman–Crippen LogP) is 3.34. The van der Waals surface area contributed by atoms with Crippen molar-refractivity contribution in [2.75, 3.05) is 18.0 Å². The van der Waals surface area contributed by atoms with E-state index in [0.717, 1.165) is 48.6 Å². The van der Waals surface area contributed by atoms with Crippen LogP contribution in [-0.4, -0.2) is 32.4 Å². The number of piperidine rings is 1. The highest BCUT2D eigenvalue weighted by molar-refractivity contribution is 5.78. The van der Waals surface area contributed by atoms with Gasteiger partial charge >= 0.3 is 0 Å². The molecule has 0 amide bonds. The Morgan fingerprint density at radius 2 is 1.79 bits per heavy atom. The number of hydrogen-bond acceptors (Lipinski definition) is 4. The van der Waals surface area contributed by atoms with Crippen molar-refractivity contribution in [3.8, 4) is 0 Å². The Bertz CT molecular complexity index is 1030. The van der Waals surface area contributed by atoms with Crippen molar-refractivity contribution < 1.29 is 0 Å². The fourth-order valence-corrected chi connectivity index (χ4v) is 3.96. The van der Waals surface area contributed by atoms with Crippen molar-refractivity contribution in [3.63, 3.8) is 0 Å². The molecule has 0 unspecified atom stereocenters. The fourth-order valence-electron chi connectivity index (χ4n) is 3.96. The summed E-state index contributed by atoms with van der Waals surface area (Å²) in [6.45, 7) is 8.97. The number of nitrogens with zero attached hydrogens (tertiary/aromatic N) is 5. The number of aromatic nitrogens is 4. The Kier molecular flexibility index (Phi) is 4.73. The second-order valence-corrected chi connectivity index (χ2v) is 8.88. The number of benzene rings is 1. The molecule has 0 atom stereocenters. The number of fused-ring (bicyclic) bond motifs is 1. The maximum absolute atomic E-state index is 12.3. The van der Waals surface area contributed by atoms with Crippen LogP contribution in [0.5, 0.6) is 0 Å². The molecular weight excluding hydrogens is 350 g/mol. The first kappa shape index (κ1) is 18.7. The number of para-hydroxylation sites is 2. The van der Waals surface area contributed by atoms with Gasteiger partial charge in [0.2, 0.25) is 5.95 Å². The van der Waals surface area contributed by atoms with Gasteiger partial charge in [0.15, 0.2) is 0 Å². The Morgan fingerprint density at radius 1 is 1.07 bits per heavy atom. The highest BCUT2D eigenvalue weighted by atomic mass is 16.1. The van der Waals surface area contributed by atoms with Crippen molar-refractivity contribution in [3.05, 3.63) is 52.4 Å². The van der Waals surface area contributed by atoms with E-state index in [0.29, 0.717) is 12.5 Å². The summed E-state index contributed by atoms with van der Waals surface area (Å²) in [4.78, 5) is 19.5. The second kappa shape index (κ2) is 7.08. The smallest absolute Gasteiger partial charge is 0.266 e. The minimum absolute atomic E-state index is 0.00854. The predicted molar refractivity (Wildman–Crippen MR) is 113 cm³/mol. The van der Waals surface area contributed by atoms with Gasteiger partial charge in [0.05, 0.1) is 16.7 Å². The lowest BCUT2D eigenvalue weighted by Gasteiger charge is -2.32. The van der Waals surface area contributed by atoms with E-state index in [1.54, 1.807) is 10.7 Å². The lowest BCUT2D eigenvalue weighted by atomic mass is 9.92. The summed E-state index contributed by atoms with van der Waals surface area (Å²) in [5.74, 6) is 1.50. The SMILES string of the molecule is Cn1c(N2CCC(Cn3nc(C(C)(C)C)ccc3=O)CC2)nc2ccccc21. The van der Waals surface area contributed by atoms with E-state index in [9.17, 15) is 4.79 Å². The Hall–Kier alpha value is -2.63. The molecule has 1 saturated heterocycles. The minimum atomic E-state index is -0.0565. The molecule has 28 heavy (non-hydrogen) atoms. The maximum Gasteiger partial charge on any atom is 0.266 e. The molecule has 0 bridgehead atoms. The molecule has 2 aromatic heterocycles. The molecule has 0 saturated carbocycles. The molecular formula is C22H29N5O. The Labute approximate surface area is 165 Å². The highest BCUT2D eigenvalue weighted by Gasteiger charge is 2.24. The van der Waals surface area contributed by atoms with Gasteiger partial charge in [-0.25, -0.2) is 9.67 Å². The quantitative estimate of drug-likeness (QED) is 0.700. The normalized spacial score (nSPS) is 16.1. The fraction of sp³-hybridized carbons (Fsp3) is 0.500. The lowest BCUT2D eigenvalue weighted by molar-refractivity contribution is 0.328. The molecule has 6 heteroatoms. The Morgan fingerprint density at radius 3 is 2.46 bits per heavy atom. The van der Waals surface area contributed by atoms with Gasteiger partial charge in [-0.3, -0.25) is 4.79 Å². The molecule has 1 fully saturated rings. The number of imidazole rings is 1. The van der Waals surface area contributed by atoms with Crippen molar-refractivity contribution >= 4 is 17.0 Å². The van der Waals surface area contributed by atoms with Gasteiger partial charge in [0, 0.05) is 38.2 Å². The van der Waals surface area contributed by atoms with Crippen molar-refractivity contribution in [2.24, 2.45) is 13.0 Å². The van der Waals surface area contributed by atoms with E-state index in [1.807, 2.05) is 12.1 Å². The van der Waals surface area contributed by atoms with E-state index in [1.165, 1.54) is 0 Å². The van der Waals surface area contributed by atoms with Crippen LogP contribution in [0, 0.1) is 5.92 Å². The van der Waals surface area contributed by atoms with Gasteiger partial charge in [0.1, 0.15) is 0 Å². The zero-order valence-electron chi connectivity index (χ0n) is 17.2. The van der Waals surface area contributed by atoms with E-state index in [2.05, 4.69) is 60.6 Å². The van der Waals surface area contributed by atoms with Crippen molar-refractivity contribution in [1.29, 1.82) is 0 Å². The van der Waals surface area contributed by atoms with Crippen LogP contribution >= 0.6 is 0 Å². The third-order valence-corrected chi connectivity index (χ3v) is 5.73. The molecule has 1 aliphatic heterocycles. The summed E-state index contributed by atoms with van der Waals surface area (Å²) in [5.41, 5.74) is 3.10. The number of rotatable bonds is 3. The molecule has 1 aliphatic rings. The van der Waals surface area contributed by atoms with Crippen LogP contribution in [0.15, 0.2) is 41.2 Å². The monoisotopic (exact) mass is 379 g/mol. The second-order valence-electron chi connectivity index (χ2n) is 8.88. The Balaban J connectivity index is 1.46. The highest BCUT2D eigenvalue weighted by Crippen LogP contribution is 2.26. The van der Waals surface area contributed by atoms with Gasteiger partial charge in [-0.1, -0.05) is 32.9 Å². The van der Waals surface area contributed by atoms with E-state index in [4.69, 9.17) is 4.98 Å². The summed E-state index contributed by atoms with van der Waals surface area (Å²) >= 11 is 0. The third-order valence-electron chi connectivity index (χ3n) is 5.73. The van der Waals surface area contributed by atoms with Crippen LogP contribution in [0.25, 0.3) is 11.0 Å². The molecule has 3 heterocycles. The van der Waals surface area contributed by atoms with Gasteiger partial charge in [0.25, 0.3) is 5.56 Å². The first-order valence-electron chi connectivity index (χ1n) is 10.1. The van der Waals surface area contributed by atoms with Crippen LogP contribution in [0.2, 0.25) is 0 Å². The van der Waals surface area contributed by atoms with Crippen LogP contribution in [0.3, 0.4) is 0 Å². The molecule has 148 valence electrons. The molecule has 0 N–H and O–H groups in total. The van der Waals surface area contributed by atoms with Crippen LogP contribution < -0.4 is 10.5 Å². The summed E-state index contributed by atoms with van der Waals surface area (Å²) < 4.78 is 3.84. The van der Waals surface area contributed by atoms with Crippen LogP contribution in [-0.2, 0) is 19.0 Å². The minimum Gasteiger partial charge on any atom is -0.342 e. The number of aryl methyl sites for hydroxylation is 1. The molecule has 3 aromatic rings. The molecule has 1 aromatic carbocycles. The first-order valence-corrected chi connectivity index (χ1v) is 10.1. The van der Waals surface area contributed by atoms with E-state index < -0.39 is 0 Å². The summed E-state index contributed by atoms with van der Waals surface area (Å²) in [5, 5.41) is 4.63. The topological polar surface area (TPSA) is 56.0 Å². The molecule has 0 aliphatic carbocycles. The zero-order valence-corrected chi connectivity index (χ0v) is 17.2. The largest absolute Gasteiger partial charge is 0.342 e.